The second-order valence-corrected chi connectivity index (χ2v) is 9.32. The fourth-order valence-corrected chi connectivity index (χ4v) is 4.50. The number of benzene rings is 2. The van der Waals surface area contributed by atoms with Gasteiger partial charge in [-0.05, 0) is 43.7 Å². The standard InChI is InChI=1S/C23H23NO6S/c1-15(25)18-7-4-6-17(10-18)11-20(26)13-31(27,28)14-22-16(2)30-23(24-22)19-8-5-9-21(12-19)29-3/h4-10,12H,11,13-14H2,1-3H3. The van der Waals surface area contributed by atoms with Crippen LogP contribution in [0.3, 0.4) is 0 Å². The topological polar surface area (TPSA) is 104 Å². The number of oxazole rings is 1. The van der Waals surface area contributed by atoms with Gasteiger partial charge in [-0.15, -0.1) is 0 Å². The molecule has 0 aliphatic rings. The van der Waals surface area contributed by atoms with Gasteiger partial charge in [0.25, 0.3) is 0 Å². The minimum atomic E-state index is -3.75. The van der Waals surface area contributed by atoms with Gasteiger partial charge in [0.15, 0.2) is 21.4 Å². The smallest absolute Gasteiger partial charge is 0.226 e. The quantitative estimate of drug-likeness (QED) is 0.468. The van der Waals surface area contributed by atoms with Crippen LogP contribution in [0.1, 0.15) is 34.3 Å². The second kappa shape index (κ2) is 9.26. The van der Waals surface area contributed by atoms with Gasteiger partial charge < -0.3 is 9.15 Å². The molecule has 0 spiro atoms. The van der Waals surface area contributed by atoms with Crippen molar-refractivity contribution in [3.05, 3.63) is 71.1 Å². The number of aromatic nitrogens is 1. The van der Waals surface area contributed by atoms with Crippen LogP contribution in [0.2, 0.25) is 0 Å². The van der Waals surface area contributed by atoms with Crippen LogP contribution in [0.5, 0.6) is 5.75 Å². The largest absolute Gasteiger partial charge is 0.497 e. The summed E-state index contributed by atoms with van der Waals surface area (Å²) in [5, 5.41) is 0. The Morgan fingerprint density at radius 1 is 1.10 bits per heavy atom. The molecular weight excluding hydrogens is 418 g/mol. The molecule has 0 radical (unpaired) electrons. The van der Waals surface area contributed by atoms with E-state index in [9.17, 15) is 18.0 Å². The van der Waals surface area contributed by atoms with Gasteiger partial charge in [0.05, 0.1) is 18.6 Å². The second-order valence-electron chi connectivity index (χ2n) is 7.26. The molecule has 0 amide bonds. The number of hydrogen-bond acceptors (Lipinski definition) is 7. The summed E-state index contributed by atoms with van der Waals surface area (Å²) >= 11 is 0. The molecule has 0 saturated heterocycles. The number of carbonyl (C=O) groups is 2. The number of ketones is 2. The van der Waals surface area contributed by atoms with E-state index in [1.165, 1.54) is 6.92 Å². The molecule has 7 nitrogen and oxygen atoms in total. The molecule has 2 aromatic carbocycles. The number of hydrogen-bond donors (Lipinski definition) is 0. The van der Waals surface area contributed by atoms with Crippen molar-refractivity contribution in [3.63, 3.8) is 0 Å². The lowest BCUT2D eigenvalue weighted by Gasteiger charge is -2.04. The summed E-state index contributed by atoms with van der Waals surface area (Å²) in [6.07, 6.45) is -0.0623. The summed E-state index contributed by atoms with van der Waals surface area (Å²) in [5.74, 6) is -0.284. The van der Waals surface area contributed by atoms with Crippen LogP contribution in [-0.4, -0.2) is 37.8 Å². The van der Waals surface area contributed by atoms with Crippen LogP contribution in [0, 0.1) is 6.92 Å². The third kappa shape index (κ3) is 5.88. The van der Waals surface area contributed by atoms with Crippen molar-refractivity contribution in [2.75, 3.05) is 12.9 Å². The lowest BCUT2D eigenvalue weighted by Crippen LogP contribution is -2.20. The van der Waals surface area contributed by atoms with E-state index >= 15 is 0 Å². The fraction of sp³-hybridized carbons (Fsp3) is 0.261. The highest BCUT2D eigenvalue weighted by Crippen LogP contribution is 2.26. The maximum Gasteiger partial charge on any atom is 0.226 e. The van der Waals surface area contributed by atoms with Gasteiger partial charge in [-0.3, -0.25) is 9.59 Å². The Labute approximate surface area is 181 Å². The molecule has 0 unspecified atom stereocenters. The van der Waals surface area contributed by atoms with E-state index in [0.717, 1.165) is 0 Å². The first-order valence-corrected chi connectivity index (χ1v) is 11.4. The van der Waals surface area contributed by atoms with Crippen LogP contribution in [-0.2, 0) is 26.8 Å². The van der Waals surface area contributed by atoms with Crippen molar-refractivity contribution >= 4 is 21.4 Å². The van der Waals surface area contributed by atoms with E-state index in [0.29, 0.717) is 28.2 Å². The van der Waals surface area contributed by atoms with Crippen molar-refractivity contribution in [1.82, 2.24) is 4.98 Å². The number of nitrogens with zero attached hydrogens (tertiary/aromatic N) is 1. The number of sulfone groups is 1. The zero-order chi connectivity index (χ0) is 22.6. The summed E-state index contributed by atoms with van der Waals surface area (Å²) in [4.78, 5) is 28.2. The van der Waals surface area contributed by atoms with Crippen LogP contribution in [0.15, 0.2) is 52.9 Å². The third-order valence-electron chi connectivity index (χ3n) is 4.68. The number of methoxy groups -OCH3 is 1. The molecule has 3 aromatic rings. The van der Waals surface area contributed by atoms with E-state index in [1.54, 1.807) is 62.6 Å². The van der Waals surface area contributed by atoms with Gasteiger partial charge in [0.1, 0.15) is 17.3 Å². The number of rotatable bonds is 9. The number of carbonyl (C=O) groups excluding carboxylic acids is 2. The maximum atomic E-state index is 12.6. The summed E-state index contributed by atoms with van der Waals surface area (Å²) in [5.41, 5.74) is 2.01. The summed E-state index contributed by atoms with van der Waals surface area (Å²) in [7, 11) is -2.20. The highest BCUT2D eigenvalue weighted by atomic mass is 32.2. The lowest BCUT2D eigenvalue weighted by atomic mass is 10.0. The molecule has 1 heterocycles. The predicted octanol–water partition coefficient (Wildman–Crippen LogP) is 3.59. The molecule has 31 heavy (non-hydrogen) atoms. The summed E-state index contributed by atoms with van der Waals surface area (Å²) in [6.45, 7) is 3.07. The van der Waals surface area contributed by atoms with Crippen molar-refractivity contribution in [2.45, 2.75) is 26.0 Å². The van der Waals surface area contributed by atoms with Gasteiger partial charge in [-0.25, -0.2) is 13.4 Å². The van der Waals surface area contributed by atoms with Gasteiger partial charge in [-0.2, -0.15) is 0 Å². The summed E-state index contributed by atoms with van der Waals surface area (Å²) in [6, 6.07) is 13.7. The Morgan fingerprint density at radius 2 is 1.84 bits per heavy atom. The highest BCUT2D eigenvalue weighted by Gasteiger charge is 2.22. The first-order valence-electron chi connectivity index (χ1n) is 9.59. The number of ether oxygens (including phenoxy) is 1. The molecule has 0 bridgehead atoms. The Kier molecular flexibility index (Phi) is 6.70. The van der Waals surface area contributed by atoms with E-state index in [-0.39, 0.29) is 23.8 Å². The van der Waals surface area contributed by atoms with Gasteiger partial charge in [0.2, 0.25) is 5.89 Å². The highest BCUT2D eigenvalue weighted by molar-refractivity contribution is 7.91. The van der Waals surface area contributed by atoms with E-state index in [4.69, 9.17) is 9.15 Å². The Balaban J connectivity index is 1.70. The number of Topliss-reactive ketones (excluding diaryl/α,β-unsaturated/α-hetero) is 2. The average molecular weight is 442 g/mol. The van der Waals surface area contributed by atoms with Crippen molar-refractivity contribution in [3.8, 4) is 17.2 Å². The number of aryl methyl sites for hydroxylation is 1. The lowest BCUT2D eigenvalue weighted by molar-refractivity contribution is -0.116. The van der Waals surface area contributed by atoms with Gasteiger partial charge in [-0.1, -0.05) is 24.3 Å². The minimum Gasteiger partial charge on any atom is -0.497 e. The molecular formula is C23H23NO6S. The van der Waals surface area contributed by atoms with Crippen LogP contribution in [0.4, 0.5) is 0 Å². The van der Waals surface area contributed by atoms with Gasteiger partial charge >= 0.3 is 0 Å². The SMILES string of the molecule is COc1cccc(-c2nc(CS(=O)(=O)CC(=O)Cc3cccc(C(C)=O)c3)c(C)o2)c1. The van der Waals surface area contributed by atoms with Crippen molar-refractivity contribution in [1.29, 1.82) is 0 Å². The van der Waals surface area contributed by atoms with E-state index in [1.807, 2.05) is 0 Å². The molecule has 0 aliphatic carbocycles. The molecule has 162 valence electrons. The first-order chi connectivity index (χ1) is 14.7. The molecule has 0 fully saturated rings. The van der Waals surface area contributed by atoms with Crippen LogP contribution < -0.4 is 4.74 Å². The Morgan fingerprint density at radius 3 is 2.55 bits per heavy atom. The fourth-order valence-electron chi connectivity index (χ4n) is 3.13. The summed E-state index contributed by atoms with van der Waals surface area (Å²) < 4.78 is 36.0. The first kappa shape index (κ1) is 22.4. The monoisotopic (exact) mass is 441 g/mol. The minimum absolute atomic E-state index is 0.0623. The molecule has 0 aliphatic heterocycles. The van der Waals surface area contributed by atoms with Crippen LogP contribution in [0.25, 0.3) is 11.5 Å². The zero-order valence-electron chi connectivity index (χ0n) is 17.5. The molecule has 3 rings (SSSR count). The molecule has 8 heteroatoms. The van der Waals surface area contributed by atoms with Gasteiger partial charge in [0, 0.05) is 17.5 Å². The van der Waals surface area contributed by atoms with Crippen molar-refractivity contribution in [2.24, 2.45) is 0 Å². The zero-order valence-corrected chi connectivity index (χ0v) is 18.4. The van der Waals surface area contributed by atoms with Crippen LogP contribution >= 0.6 is 0 Å². The Bertz CT molecular complexity index is 1230. The third-order valence-corrected chi connectivity index (χ3v) is 6.16. The van der Waals surface area contributed by atoms with E-state index in [2.05, 4.69) is 4.98 Å². The Hall–Kier alpha value is -3.26. The molecule has 1 aromatic heterocycles. The maximum absolute atomic E-state index is 12.6. The predicted molar refractivity (Wildman–Crippen MR) is 116 cm³/mol. The van der Waals surface area contributed by atoms with E-state index < -0.39 is 27.1 Å². The van der Waals surface area contributed by atoms with Crippen molar-refractivity contribution < 1.29 is 27.2 Å². The normalized spacial score (nSPS) is 11.3. The molecule has 0 atom stereocenters. The molecule has 0 saturated carbocycles. The molecule has 0 N–H and O–H groups in total. The average Bonchev–Trinajstić information content (AvgIpc) is 3.07.